The maximum absolute atomic E-state index is 12.5. The van der Waals surface area contributed by atoms with Crippen LogP contribution < -0.4 is 5.32 Å². The van der Waals surface area contributed by atoms with Crippen molar-refractivity contribution in [2.75, 3.05) is 19.6 Å². The normalized spacial score (nSPS) is 34.0. The molecular weight excluding hydrogens is 212 g/mol. The van der Waals surface area contributed by atoms with E-state index in [0.29, 0.717) is 5.91 Å². The van der Waals surface area contributed by atoms with Gasteiger partial charge in [-0.2, -0.15) is 0 Å². The number of nitrogens with zero attached hydrogens (tertiary/aromatic N) is 1. The Bertz CT molecular complexity index is 271. The Hall–Kier alpha value is -0.570. The molecule has 2 fully saturated rings. The van der Waals surface area contributed by atoms with Crippen LogP contribution in [-0.4, -0.2) is 36.0 Å². The molecule has 98 valence electrons. The van der Waals surface area contributed by atoms with Gasteiger partial charge in [-0.25, -0.2) is 0 Å². The van der Waals surface area contributed by atoms with Gasteiger partial charge < -0.3 is 10.2 Å². The summed E-state index contributed by atoms with van der Waals surface area (Å²) in [5, 5.41) is 3.43. The molecule has 3 heteroatoms. The number of carbonyl (C=O) groups is 1. The summed E-state index contributed by atoms with van der Waals surface area (Å²) in [4.78, 5) is 14.6. The van der Waals surface area contributed by atoms with E-state index in [-0.39, 0.29) is 5.54 Å². The molecule has 0 bridgehead atoms. The molecule has 0 aliphatic carbocycles. The first-order chi connectivity index (χ1) is 8.15. The predicted molar refractivity (Wildman–Crippen MR) is 69.9 cm³/mol. The molecule has 0 aromatic carbocycles. The summed E-state index contributed by atoms with van der Waals surface area (Å²) >= 11 is 0. The molecular formula is C14H26N2O. The van der Waals surface area contributed by atoms with Gasteiger partial charge in [0.2, 0.25) is 5.91 Å². The average molecular weight is 238 g/mol. The Balaban J connectivity index is 1.91. The van der Waals surface area contributed by atoms with Crippen LogP contribution >= 0.6 is 0 Å². The molecule has 2 rings (SSSR count). The van der Waals surface area contributed by atoms with Crippen LogP contribution in [0.4, 0.5) is 0 Å². The van der Waals surface area contributed by atoms with E-state index in [1.165, 1.54) is 32.1 Å². The summed E-state index contributed by atoms with van der Waals surface area (Å²) in [6.07, 6.45) is 7.11. The van der Waals surface area contributed by atoms with Crippen molar-refractivity contribution in [3.05, 3.63) is 0 Å². The molecule has 1 N–H and O–H groups in total. The monoisotopic (exact) mass is 238 g/mol. The maximum atomic E-state index is 12.5. The van der Waals surface area contributed by atoms with Crippen LogP contribution in [0.3, 0.4) is 0 Å². The van der Waals surface area contributed by atoms with E-state index >= 15 is 0 Å². The highest BCUT2D eigenvalue weighted by Gasteiger charge is 2.39. The molecule has 3 nitrogen and oxygen atoms in total. The first-order valence-corrected chi connectivity index (χ1v) is 7.20. The first-order valence-electron chi connectivity index (χ1n) is 7.20. The van der Waals surface area contributed by atoms with E-state index < -0.39 is 0 Å². The minimum absolute atomic E-state index is 0.278. The zero-order valence-corrected chi connectivity index (χ0v) is 11.3. The molecule has 2 aliphatic rings. The zero-order valence-electron chi connectivity index (χ0n) is 11.3. The number of piperidine rings is 1. The molecule has 0 aromatic heterocycles. The van der Waals surface area contributed by atoms with Crippen LogP contribution in [0, 0.1) is 5.92 Å². The molecule has 2 saturated heterocycles. The van der Waals surface area contributed by atoms with Crippen molar-refractivity contribution in [3.8, 4) is 0 Å². The number of nitrogens with one attached hydrogen (secondary N) is 1. The molecule has 2 atom stereocenters. The number of hydrogen-bond donors (Lipinski definition) is 1. The van der Waals surface area contributed by atoms with Gasteiger partial charge >= 0.3 is 0 Å². The van der Waals surface area contributed by atoms with Crippen molar-refractivity contribution in [1.29, 1.82) is 0 Å². The minimum atomic E-state index is -0.278. The second-order valence-electron chi connectivity index (χ2n) is 5.91. The Morgan fingerprint density at radius 1 is 1.47 bits per heavy atom. The van der Waals surface area contributed by atoms with Crippen molar-refractivity contribution in [1.82, 2.24) is 10.2 Å². The van der Waals surface area contributed by atoms with E-state index in [1.54, 1.807) is 0 Å². The Morgan fingerprint density at radius 2 is 2.29 bits per heavy atom. The van der Waals surface area contributed by atoms with Gasteiger partial charge in [-0.1, -0.05) is 13.3 Å². The fourth-order valence-electron chi connectivity index (χ4n) is 3.25. The van der Waals surface area contributed by atoms with Crippen molar-refractivity contribution in [3.63, 3.8) is 0 Å². The van der Waals surface area contributed by atoms with Crippen molar-refractivity contribution in [2.45, 2.75) is 57.9 Å². The van der Waals surface area contributed by atoms with Gasteiger partial charge in [-0.05, 0) is 51.5 Å². The average Bonchev–Trinajstić information content (AvgIpc) is 2.78. The summed E-state index contributed by atoms with van der Waals surface area (Å²) in [7, 11) is 0. The summed E-state index contributed by atoms with van der Waals surface area (Å²) < 4.78 is 0. The summed E-state index contributed by atoms with van der Waals surface area (Å²) in [6, 6.07) is 0. The number of carbonyl (C=O) groups excluding carboxylic acids is 1. The van der Waals surface area contributed by atoms with Crippen molar-refractivity contribution < 1.29 is 4.79 Å². The van der Waals surface area contributed by atoms with Crippen LogP contribution in [0.15, 0.2) is 0 Å². The lowest BCUT2D eigenvalue weighted by Crippen LogP contribution is -2.57. The largest absolute Gasteiger partial charge is 0.341 e. The van der Waals surface area contributed by atoms with Gasteiger partial charge in [0.25, 0.3) is 0 Å². The smallest absolute Gasteiger partial charge is 0.242 e. The molecule has 2 unspecified atom stereocenters. The lowest BCUT2D eigenvalue weighted by Gasteiger charge is -2.36. The van der Waals surface area contributed by atoms with Crippen LogP contribution in [0.2, 0.25) is 0 Å². The zero-order chi connectivity index (χ0) is 12.3. The van der Waals surface area contributed by atoms with Gasteiger partial charge in [0, 0.05) is 13.1 Å². The molecule has 2 heterocycles. The second kappa shape index (κ2) is 5.38. The molecule has 1 amide bonds. The molecule has 0 aromatic rings. The summed E-state index contributed by atoms with van der Waals surface area (Å²) in [6.45, 7) is 7.27. The minimum Gasteiger partial charge on any atom is -0.341 e. The number of hydrogen-bond acceptors (Lipinski definition) is 2. The SMILES string of the molecule is CCCC1CCN(C(=O)C2(C)CCCCN2)C1. The summed E-state index contributed by atoms with van der Waals surface area (Å²) in [5.41, 5.74) is -0.278. The third-order valence-electron chi connectivity index (χ3n) is 4.36. The van der Waals surface area contributed by atoms with Gasteiger partial charge in [0.15, 0.2) is 0 Å². The lowest BCUT2D eigenvalue weighted by molar-refractivity contribution is -0.137. The highest BCUT2D eigenvalue weighted by molar-refractivity contribution is 5.86. The van der Waals surface area contributed by atoms with Crippen LogP contribution in [0.25, 0.3) is 0 Å². The van der Waals surface area contributed by atoms with Crippen LogP contribution in [0.1, 0.15) is 52.4 Å². The fraction of sp³-hybridized carbons (Fsp3) is 0.929. The molecule has 0 saturated carbocycles. The van der Waals surface area contributed by atoms with Crippen LogP contribution in [0.5, 0.6) is 0 Å². The Labute approximate surface area is 105 Å². The van der Waals surface area contributed by atoms with E-state index in [2.05, 4.69) is 24.1 Å². The van der Waals surface area contributed by atoms with Gasteiger partial charge in [-0.3, -0.25) is 4.79 Å². The Kier molecular flexibility index (Phi) is 4.08. The second-order valence-corrected chi connectivity index (χ2v) is 5.91. The molecule has 0 radical (unpaired) electrons. The highest BCUT2D eigenvalue weighted by Crippen LogP contribution is 2.26. The number of rotatable bonds is 3. The first kappa shape index (κ1) is 12.9. The fourth-order valence-corrected chi connectivity index (χ4v) is 3.25. The summed E-state index contributed by atoms with van der Waals surface area (Å²) in [5.74, 6) is 1.09. The topological polar surface area (TPSA) is 32.3 Å². The maximum Gasteiger partial charge on any atom is 0.242 e. The molecule has 17 heavy (non-hydrogen) atoms. The molecule has 2 aliphatic heterocycles. The quantitative estimate of drug-likeness (QED) is 0.817. The van der Waals surface area contributed by atoms with E-state index in [1.807, 2.05) is 0 Å². The third kappa shape index (κ3) is 2.82. The van der Waals surface area contributed by atoms with Crippen molar-refractivity contribution in [2.24, 2.45) is 5.92 Å². The lowest BCUT2D eigenvalue weighted by atomic mass is 9.89. The van der Waals surface area contributed by atoms with E-state index in [4.69, 9.17) is 0 Å². The predicted octanol–water partition coefficient (Wildman–Crippen LogP) is 2.17. The van der Waals surface area contributed by atoms with E-state index in [9.17, 15) is 4.79 Å². The van der Waals surface area contributed by atoms with Gasteiger partial charge in [0.05, 0.1) is 5.54 Å². The van der Waals surface area contributed by atoms with E-state index in [0.717, 1.165) is 32.0 Å². The highest BCUT2D eigenvalue weighted by atomic mass is 16.2. The number of likely N-dealkylation sites (tertiary alicyclic amines) is 1. The molecule has 0 spiro atoms. The van der Waals surface area contributed by atoms with Gasteiger partial charge in [0.1, 0.15) is 0 Å². The Morgan fingerprint density at radius 3 is 2.94 bits per heavy atom. The van der Waals surface area contributed by atoms with Crippen molar-refractivity contribution >= 4 is 5.91 Å². The number of amides is 1. The standard InChI is InChI=1S/C14H26N2O/c1-3-6-12-7-10-16(11-12)13(17)14(2)8-4-5-9-15-14/h12,15H,3-11H2,1-2H3. The van der Waals surface area contributed by atoms with Gasteiger partial charge in [-0.15, -0.1) is 0 Å². The van der Waals surface area contributed by atoms with Crippen LogP contribution in [-0.2, 0) is 4.79 Å². The third-order valence-corrected chi connectivity index (χ3v) is 4.36.